The first kappa shape index (κ1) is 20.3. The van der Waals surface area contributed by atoms with Gasteiger partial charge < -0.3 is 10.2 Å². The van der Waals surface area contributed by atoms with Crippen LogP contribution >= 0.6 is 0 Å². The number of aryl methyl sites for hydroxylation is 1. The van der Waals surface area contributed by atoms with E-state index in [0.29, 0.717) is 5.06 Å². The zero-order valence-corrected chi connectivity index (χ0v) is 16.5. The van der Waals surface area contributed by atoms with E-state index >= 15 is 0 Å². The summed E-state index contributed by atoms with van der Waals surface area (Å²) in [7, 11) is 1.98. The van der Waals surface area contributed by atoms with Gasteiger partial charge in [0.1, 0.15) is 7.05 Å². The van der Waals surface area contributed by atoms with Crippen LogP contribution < -0.4 is 9.88 Å². The Morgan fingerprint density at radius 1 is 1.07 bits per heavy atom. The van der Waals surface area contributed by atoms with Crippen LogP contribution in [0.3, 0.4) is 0 Å². The number of carbonyl (C=O) groups excluding carboxylic acids is 3. The number of hydrogen-bond acceptors (Lipinski definition) is 5. The Hall–Kier alpha value is -3.48. The van der Waals surface area contributed by atoms with Crippen molar-refractivity contribution in [3.05, 3.63) is 59.9 Å². The predicted molar refractivity (Wildman–Crippen MR) is 108 cm³/mol. The Balaban J connectivity index is 1.49. The second-order valence-corrected chi connectivity index (χ2v) is 7.05. The molecule has 0 radical (unpaired) electrons. The fourth-order valence-electron chi connectivity index (χ4n) is 2.89. The highest BCUT2D eigenvalue weighted by Crippen LogP contribution is 2.16. The van der Waals surface area contributed by atoms with Crippen molar-refractivity contribution in [2.24, 2.45) is 7.05 Å². The average molecular weight is 394 g/mol. The molecule has 0 saturated carbocycles. The van der Waals surface area contributed by atoms with Crippen molar-refractivity contribution in [1.29, 1.82) is 0 Å². The van der Waals surface area contributed by atoms with E-state index in [4.69, 9.17) is 4.84 Å². The highest BCUT2D eigenvalue weighted by molar-refractivity contribution is 6.01. The second-order valence-electron chi connectivity index (χ2n) is 7.05. The standard InChI is InChI=1S/C22H23N3O4/c1-16(15-22(28)29-25-20(26)9-10-21(25)27)23-19-7-5-17(6-8-19)3-4-18-11-13-24(2)14-12-18/h3-8,11-14,16H,9-10,15H2,1-2H3/p+1. The molecule has 7 heteroatoms. The van der Waals surface area contributed by atoms with Crippen LogP contribution in [0.4, 0.5) is 5.69 Å². The Bertz CT molecular complexity index is 904. The number of benzene rings is 1. The van der Waals surface area contributed by atoms with Crippen LogP contribution in [-0.2, 0) is 26.3 Å². The summed E-state index contributed by atoms with van der Waals surface area (Å²) in [4.78, 5) is 39.8. The van der Waals surface area contributed by atoms with Gasteiger partial charge in [0.2, 0.25) is 0 Å². The molecule has 29 heavy (non-hydrogen) atoms. The van der Waals surface area contributed by atoms with Gasteiger partial charge in [0.25, 0.3) is 11.8 Å². The van der Waals surface area contributed by atoms with Gasteiger partial charge in [0.05, 0.1) is 6.42 Å². The number of hydroxylamine groups is 2. The molecule has 1 fully saturated rings. The Morgan fingerprint density at radius 2 is 1.62 bits per heavy atom. The van der Waals surface area contributed by atoms with Crippen LogP contribution in [-0.4, -0.2) is 28.9 Å². The number of nitrogens with zero attached hydrogens (tertiary/aromatic N) is 2. The van der Waals surface area contributed by atoms with E-state index in [9.17, 15) is 14.4 Å². The van der Waals surface area contributed by atoms with E-state index in [1.54, 1.807) is 0 Å². The third kappa shape index (κ3) is 5.75. The van der Waals surface area contributed by atoms with Crippen LogP contribution in [0.25, 0.3) is 12.2 Å². The van der Waals surface area contributed by atoms with E-state index in [1.807, 2.05) is 79.5 Å². The van der Waals surface area contributed by atoms with Gasteiger partial charge in [0.15, 0.2) is 12.4 Å². The summed E-state index contributed by atoms with van der Waals surface area (Å²) in [6, 6.07) is 11.7. The lowest BCUT2D eigenvalue weighted by Crippen LogP contribution is -2.33. The molecule has 1 atom stereocenters. The molecule has 1 unspecified atom stereocenters. The van der Waals surface area contributed by atoms with Crippen molar-refractivity contribution in [3.63, 3.8) is 0 Å². The summed E-state index contributed by atoms with van der Waals surface area (Å²) in [6.45, 7) is 1.83. The van der Waals surface area contributed by atoms with E-state index in [0.717, 1.165) is 16.8 Å². The van der Waals surface area contributed by atoms with Crippen LogP contribution in [0.2, 0.25) is 0 Å². The number of nitrogens with one attached hydrogen (secondary N) is 1. The van der Waals surface area contributed by atoms with E-state index in [2.05, 4.69) is 5.32 Å². The summed E-state index contributed by atoms with van der Waals surface area (Å²) < 4.78 is 1.98. The highest BCUT2D eigenvalue weighted by Gasteiger charge is 2.33. The maximum atomic E-state index is 12.0. The third-order valence-corrected chi connectivity index (χ3v) is 4.47. The molecular formula is C22H24N3O4+. The number of anilines is 1. The quantitative estimate of drug-likeness (QED) is 0.577. The minimum atomic E-state index is -0.621. The van der Waals surface area contributed by atoms with Crippen LogP contribution in [0, 0.1) is 0 Å². The lowest BCUT2D eigenvalue weighted by molar-refractivity contribution is -0.671. The number of hydrogen-bond donors (Lipinski definition) is 1. The molecule has 1 aliphatic rings. The normalized spacial score (nSPS) is 15.0. The van der Waals surface area contributed by atoms with Crippen molar-refractivity contribution in [2.45, 2.75) is 32.2 Å². The number of rotatable bonds is 7. The van der Waals surface area contributed by atoms with Crippen LogP contribution in [0.1, 0.15) is 37.3 Å². The van der Waals surface area contributed by atoms with Gasteiger partial charge in [-0.15, -0.1) is 5.06 Å². The third-order valence-electron chi connectivity index (χ3n) is 4.47. The SMILES string of the molecule is CC(CC(=O)ON1C(=O)CCC1=O)Nc1ccc(/C=C/c2cc[n+](C)cc2)cc1. The molecule has 0 spiro atoms. The van der Waals surface area contributed by atoms with E-state index in [-0.39, 0.29) is 25.3 Å². The number of aromatic nitrogens is 1. The first-order valence-corrected chi connectivity index (χ1v) is 9.47. The summed E-state index contributed by atoms with van der Waals surface area (Å²) in [6.07, 6.45) is 8.27. The van der Waals surface area contributed by atoms with Crippen LogP contribution in [0.15, 0.2) is 48.8 Å². The fraction of sp³-hybridized carbons (Fsp3) is 0.273. The number of amides is 2. The second kappa shape index (κ2) is 9.14. The van der Waals surface area contributed by atoms with Crippen molar-refractivity contribution < 1.29 is 23.8 Å². The Morgan fingerprint density at radius 3 is 2.21 bits per heavy atom. The number of carbonyl (C=O) groups is 3. The van der Waals surface area contributed by atoms with Gasteiger partial charge in [-0.2, -0.15) is 0 Å². The molecule has 1 aromatic carbocycles. The molecule has 1 aromatic heterocycles. The lowest BCUT2D eigenvalue weighted by atomic mass is 10.1. The summed E-state index contributed by atoms with van der Waals surface area (Å²) in [5.74, 6) is -1.57. The van der Waals surface area contributed by atoms with Gasteiger partial charge in [-0.05, 0) is 30.2 Å². The molecule has 1 aliphatic heterocycles. The number of imide groups is 1. The Labute approximate surface area is 169 Å². The average Bonchev–Trinajstić information content (AvgIpc) is 3.00. The fourth-order valence-corrected chi connectivity index (χ4v) is 2.89. The first-order chi connectivity index (χ1) is 13.9. The summed E-state index contributed by atoms with van der Waals surface area (Å²) in [5, 5.41) is 3.78. The van der Waals surface area contributed by atoms with Crippen molar-refractivity contribution in [3.8, 4) is 0 Å². The molecular weight excluding hydrogens is 370 g/mol. The minimum Gasteiger partial charge on any atom is -0.382 e. The van der Waals surface area contributed by atoms with Crippen molar-refractivity contribution in [1.82, 2.24) is 5.06 Å². The van der Waals surface area contributed by atoms with Gasteiger partial charge in [0, 0.05) is 36.7 Å². The van der Waals surface area contributed by atoms with Gasteiger partial charge in [-0.3, -0.25) is 9.59 Å². The topological polar surface area (TPSA) is 79.6 Å². The summed E-state index contributed by atoms with van der Waals surface area (Å²) in [5.41, 5.74) is 3.04. The van der Waals surface area contributed by atoms with Crippen LogP contribution in [0.5, 0.6) is 0 Å². The van der Waals surface area contributed by atoms with Gasteiger partial charge >= 0.3 is 5.97 Å². The maximum absolute atomic E-state index is 12.0. The molecule has 150 valence electrons. The highest BCUT2D eigenvalue weighted by atomic mass is 16.7. The molecule has 3 rings (SSSR count). The minimum absolute atomic E-state index is 0.0319. The molecule has 2 amide bonds. The lowest BCUT2D eigenvalue weighted by Gasteiger charge is -2.17. The summed E-state index contributed by atoms with van der Waals surface area (Å²) >= 11 is 0. The molecule has 2 heterocycles. The van der Waals surface area contributed by atoms with Crippen molar-refractivity contribution in [2.75, 3.05) is 5.32 Å². The van der Waals surface area contributed by atoms with E-state index < -0.39 is 17.8 Å². The number of pyridine rings is 1. The predicted octanol–water partition coefficient (Wildman–Crippen LogP) is 2.48. The molecule has 1 N–H and O–H groups in total. The molecule has 7 nitrogen and oxygen atoms in total. The molecule has 0 aliphatic carbocycles. The van der Waals surface area contributed by atoms with Crippen molar-refractivity contribution >= 4 is 35.6 Å². The monoisotopic (exact) mass is 394 g/mol. The zero-order chi connectivity index (χ0) is 20.8. The van der Waals surface area contributed by atoms with Gasteiger partial charge in [-0.25, -0.2) is 9.36 Å². The molecule has 2 aromatic rings. The Kier molecular flexibility index (Phi) is 6.39. The smallest absolute Gasteiger partial charge is 0.335 e. The maximum Gasteiger partial charge on any atom is 0.335 e. The molecule has 0 bridgehead atoms. The van der Waals surface area contributed by atoms with E-state index in [1.165, 1.54) is 0 Å². The van der Waals surface area contributed by atoms with Gasteiger partial charge in [-0.1, -0.05) is 24.3 Å². The zero-order valence-electron chi connectivity index (χ0n) is 16.5. The first-order valence-electron chi connectivity index (χ1n) is 9.47. The molecule has 1 saturated heterocycles. The largest absolute Gasteiger partial charge is 0.382 e.